The molecule has 0 saturated carbocycles. The van der Waals surface area contributed by atoms with Gasteiger partial charge in [0.1, 0.15) is 23.2 Å². The van der Waals surface area contributed by atoms with Crippen molar-refractivity contribution in [3.63, 3.8) is 0 Å². The third-order valence-corrected chi connectivity index (χ3v) is 10.4. The average Bonchev–Trinajstić information content (AvgIpc) is 3.99. The van der Waals surface area contributed by atoms with Crippen LogP contribution in [-0.4, -0.2) is 64.6 Å². The second kappa shape index (κ2) is 12.3. The Labute approximate surface area is 299 Å². The van der Waals surface area contributed by atoms with Gasteiger partial charge in [-0.25, -0.2) is 19.9 Å². The number of nitrogens with zero attached hydrogens (tertiary/aromatic N) is 6. The minimum Gasteiger partial charge on any atom is -0.445 e. The van der Waals surface area contributed by atoms with Crippen molar-refractivity contribution in [2.75, 3.05) is 13.1 Å². The molecule has 2 saturated heterocycles. The van der Waals surface area contributed by atoms with Gasteiger partial charge in [0.2, 0.25) is 0 Å². The molecule has 2 N–H and O–H groups in total. The van der Waals surface area contributed by atoms with Crippen molar-refractivity contribution in [2.24, 2.45) is 0 Å². The molecule has 0 aliphatic carbocycles. The van der Waals surface area contributed by atoms with Crippen molar-refractivity contribution < 1.29 is 18.4 Å². The van der Waals surface area contributed by atoms with E-state index in [9.17, 15) is 9.59 Å². The molecule has 262 valence electrons. The molecule has 7 aromatic rings. The zero-order chi connectivity index (χ0) is 35.7. The molecular weight excluding hydrogens is 656 g/mol. The molecule has 2 amide bonds. The summed E-state index contributed by atoms with van der Waals surface area (Å²) in [4.78, 5) is 56.0. The first-order chi connectivity index (χ1) is 25.2. The van der Waals surface area contributed by atoms with E-state index >= 15 is 0 Å². The summed E-state index contributed by atoms with van der Waals surface area (Å²) >= 11 is 0. The lowest BCUT2D eigenvalue weighted by Crippen LogP contribution is -2.31. The Balaban J connectivity index is 0.930. The molecule has 0 spiro atoms. The standard InChI is InChI=1S/C40H38N8O4/c1-21-35(41-23(3)51-21)39(49)47-17-5-7-33(47)37-43-29-15-13-27(19-31(29)45-37)25-9-11-26(12-10-25)28-14-16-30-32(20-28)46-38(44-30)34-8-6-18-48(34)40(50)36-22(2)52-24(4)42-36/h9-16,19-20,33-34H,5-8,17-18H2,1-4H3,(H,43,45)(H,44,46)/t33-,34-/m0/s1. The lowest BCUT2D eigenvalue weighted by Gasteiger charge is -2.22. The molecule has 0 bridgehead atoms. The van der Waals surface area contributed by atoms with Crippen molar-refractivity contribution in [2.45, 2.75) is 65.5 Å². The van der Waals surface area contributed by atoms with Gasteiger partial charge in [-0.2, -0.15) is 0 Å². The molecule has 2 atom stereocenters. The van der Waals surface area contributed by atoms with Crippen LogP contribution >= 0.6 is 0 Å². The summed E-state index contributed by atoms with van der Waals surface area (Å²) in [6.07, 6.45) is 3.48. The van der Waals surface area contributed by atoms with E-state index in [1.807, 2.05) is 21.9 Å². The second-order valence-electron chi connectivity index (χ2n) is 13.9. The fourth-order valence-corrected chi connectivity index (χ4v) is 7.90. The Morgan fingerprint density at radius 1 is 0.596 bits per heavy atom. The molecule has 12 nitrogen and oxygen atoms in total. The zero-order valence-corrected chi connectivity index (χ0v) is 29.5. The Bertz CT molecular complexity index is 2330. The van der Waals surface area contributed by atoms with Crippen molar-refractivity contribution in [1.82, 2.24) is 39.7 Å². The van der Waals surface area contributed by atoms with E-state index in [0.29, 0.717) is 47.8 Å². The van der Waals surface area contributed by atoms with E-state index in [-0.39, 0.29) is 23.9 Å². The lowest BCUT2D eigenvalue weighted by molar-refractivity contribution is 0.0716. The van der Waals surface area contributed by atoms with Gasteiger partial charge in [-0.1, -0.05) is 36.4 Å². The quantitative estimate of drug-likeness (QED) is 0.178. The number of aryl methyl sites for hydroxylation is 4. The number of carbonyl (C=O) groups excluding carboxylic acids is 2. The second-order valence-corrected chi connectivity index (χ2v) is 13.9. The number of nitrogens with one attached hydrogen (secondary N) is 2. The number of oxazole rings is 2. The number of rotatable bonds is 6. The maximum Gasteiger partial charge on any atom is 0.276 e. The van der Waals surface area contributed by atoms with Crippen LogP contribution in [0.3, 0.4) is 0 Å². The first-order valence-corrected chi connectivity index (χ1v) is 17.8. The predicted octanol–water partition coefficient (Wildman–Crippen LogP) is 7.94. The zero-order valence-electron chi connectivity index (χ0n) is 29.5. The Hall–Kier alpha value is -6.04. The molecule has 12 heteroatoms. The molecule has 0 unspecified atom stereocenters. The summed E-state index contributed by atoms with van der Waals surface area (Å²) in [7, 11) is 0. The molecule has 2 fully saturated rings. The summed E-state index contributed by atoms with van der Waals surface area (Å²) in [5, 5.41) is 0. The van der Waals surface area contributed by atoms with E-state index in [1.165, 1.54) is 0 Å². The summed E-state index contributed by atoms with van der Waals surface area (Å²) in [6, 6.07) is 20.7. The van der Waals surface area contributed by atoms with E-state index in [2.05, 4.69) is 68.5 Å². The van der Waals surface area contributed by atoms with Crippen LogP contribution in [0.5, 0.6) is 0 Å². The molecule has 4 aromatic heterocycles. The third kappa shape index (κ3) is 5.45. The van der Waals surface area contributed by atoms with E-state index in [4.69, 9.17) is 18.8 Å². The molecule has 2 aliphatic rings. The first-order valence-electron chi connectivity index (χ1n) is 17.8. The number of imidazole rings is 2. The smallest absolute Gasteiger partial charge is 0.276 e. The van der Waals surface area contributed by atoms with Gasteiger partial charge in [0.25, 0.3) is 11.8 Å². The fraction of sp³-hybridized carbons (Fsp3) is 0.300. The van der Waals surface area contributed by atoms with Crippen LogP contribution in [0.2, 0.25) is 0 Å². The predicted molar refractivity (Wildman–Crippen MR) is 195 cm³/mol. The number of aromatic nitrogens is 6. The van der Waals surface area contributed by atoms with Gasteiger partial charge in [-0.05, 0) is 86.1 Å². The van der Waals surface area contributed by atoms with Crippen molar-refractivity contribution >= 4 is 33.9 Å². The molecule has 6 heterocycles. The van der Waals surface area contributed by atoms with Gasteiger partial charge in [0.05, 0.1) is 34.2 Å². The van der Waals surface area contributed by atoms with Crippen LogP contribution in [0.1, 0.15) is 93.7 Å². The maximum atomic E-state index is 13.4. The Morgan fingerprint density at radius 2 is 1.00 bits per heavy atom. The summed E-state index contributed by atoms with van der Waals surface area (Å²) in [5.74, 6) is 3.40. The van der Waals surface area contributed by atoms with E-state index in [1.54, 1.807) is 27.7 Å². The minimum atomic E-state index is -0.144. The number of hydrogen-bond acceptors (Lipinski definition) is 8. The van der Waals surface area contributed by atoms with Crippen molar-refractivity contribution in [1.29, 1.82) is 0 Å². The highest BCUT2D eigenvalue weighted by Gasteiger charge is 2.36. The van der Waals surface area contributed by atoms with Gasteiger partial charge >= 0.3 is 0 Å². The molecule has 9 rings (SSSR count). The maximum absolute atomic E-state index is 13.4. The summed E-state index contributed by atoms with van der Waals surface area (Å²) in [6.45, 7) is 8.38. The van der Waals surface area contributed by atoms with Crippen LogP contribution in [-0.2, 0) is 0 Å². The molecule has 2 aliphatic heterocycles. The van der Waals surface area contributed by atoms with Crippen LogP contribution in [0, 0.1) is 27.7 Å². The number of fused-ring (bicyclic) bond motifs is 2. The number of hydrogen-bond donors (Lipinski definition) is 2. The highest BCUT2D eigenvalue weighted by molar-refractivity contribution is 5.94. The number of likely N-dealkylation sites (tertiary alicyclic amines) is 2. The highest BCUT2D eigenvalue weighted by Crippen LogP contribution is 2.36. The normalized spacial score (nSPS) is 17.6. The molecular formula is C40H38N8O4. The van der Waals surface area contributed by atoms with Gasteiger partial charge in [-0.15, -0.1) is 0 Å². The number of carbonyl (C=O) groups is 2. The number of aromatic amines is 2. The number of H-pyrrole nitrogens is 2. The topological polar surface area (TPSA) is 150 Å². The van der Waals surface area contributed by atoms with Crippen molar-refractivity contribution in [3.8, 4) is 22.3 Å². The van der Waals surface area contributed by atoms with Crippen LogP contribution in [0.15, 0.2) is 69.5 Å². The molecule has 3 aromatic carbocycles. The van der Waals surface area contributed by atoms with Gasteiger partial charge in [0, 0.05) is 26.9 Å². The molecule has 52 heavy (non-hydrogen) atoms. The van der Waals surface area contributed by atoms with Gasteiger partial charge < -0.3 is 28.6 Å². The Morgan fingerprint density at radius 3 is 1.38 bits per heavy atom. The highest BCUT2D eigenvalue weighted by atomic mass is 16.4. The first kappa shape index (κ1) is 31.9. The third-order valence-electron chi connectivity index (χ3n) is 10.4. The van der Waals surface area contributed by atoms with Crippen LogP contribution in [0.25, 0.3) is 44.3 Å². The average molecular weight is 695 g/mol. The lowest BCUT2D eigenvalue weighted by atomic mass is 10.00. The minimum absolute atomic E-state index is 0.119. The number of benzene rings is 3. The summed E-state index contributed by atoms with van der Waals surface area (Å²) < 4.78 is 11.1. The molecule has 0 radical (unpaired) electrons. The number of amides is 2. The van der Waals surface area contributed by atoms with Crippen LogP contribution in [0.4, 0.5) is 0 Å². The van der Waals surface area contributed by atoms with Gasteiger partial charge in [-0.3, -0.25) is 9.59 Å². The largest absolute Gasteiger partial charge is 0.445 e. The fourth-order valence-electron chi connectivity index (χ4n) is 7.90. The van der Waals surface area contributed by atoms with Crippen LogP contribution < -0.4 is 0 Å². The van der Waals surface area contributed by atoms with E-state index in [0.717, 1.165) is 81.7 Å². The SMILES string of the molecule is Cc1nc(C(=O)N2CCC[C@H]2c2nc3ccc(-c4ccc(-c5ccc6nc([C@@H]7CCCN7C(=O)c7nc(C)oc7C)[nH]c6c5)cc4)cc3[nH]2)c(C)o1. The monoisotopic (exact) mass is 694 g/mol. The van der Waals surface area contributed by atoms with Gasteiger partial charge in [0.15, 0.2) is 23.2 Å². The Kier molecular flexibility index (Phi) is 7.56. The van der Waals surface area contributed by atoms with E-state index < -0.39 is 0 Å². The van der Waals surface area contributed by atoms with Crippen molar-refractivity contribution in [3.05, 3.63) is 107 Å². The summed E-state index contributed by atoms with van der Waals surface area (Å²) in [5.41, 5.74) is 8.66.